The lowest BCUT2D eigenvalue weighted by atomic mass is 10.0. The lowest BCUT2D eigenvalue weighted by Gasteiger charge is -2.36. The van der Waals surface area contributed by atoms with Gasteiger partial charge >= 0.3 is 0 Å². The standard InChI is InChI=1S/C10H20N2O3/c1-10(15,7-13)6-12-5-3-4-8(11-2)9(12)14/h8,11,13,15H,3-7H2,1-2H3. The van der Waals surface area contributed by atoms with Gasteiger partial charge in [-0.05, 0) is 26.8 Å². The lowest BCUT2D eigenvalue weighted by Crippen LogP contribution is -2.54. The summed E-state index contributed by atoms with van der Waals surface area (Å²) in [6.07, 6.45) is 1.77. The number of nitrogens with one attached hydrogen (secondary N) is 1. The quantitative estimate of drug-likeness (QED) is 0.560. The number of carbonyl (C=O) groups excluding carboxylic acids is 1. The van der Waals surface area contributed by atoms with Crippen LogP contribution < -0.4 is 5.32 Å². The predicted octanol–water partition coefficient (Wildman–Crippen LogP) is -1.06. The van der Waals surface area contributed by atoms with E-state index in [4.69, 9.17) is 5.11 Å². The molecule has 0 aromatic carbocycles. The van der Waals surface area contributed by atoms with Crippen LogP contribution in [-0.4, -0.2) is 59.4 Å². The first-order valence-electron chi connectivity index (χ1n) is 5.29. The maximum absolute atomic E-state index is 11.8. The summed E-state index contributed by atoms with van der Waals surface area (Å²) in [4.78, 5) is 13.4. The van der Waals surface area contributed by atoms with Gasteiger partial charge in [-0.3, -0.25) is 4.79 Å². The summed E-state index contributed by atoms with van der Waals surface area (Å²) in [5.41, 5.74) is -1.20. The topological polar surface area (TPSA) is 72.8 Å². The number of likely N-dealkylation sites (N-methyl/N-ethyl adjacent to an activating group) is 1. The van der Waals surface area contributed by atoms with Gasteiger partial charge in [-0.25, -0.2) is 0 Å². The largest absolute Gasteiger partial charge is 0.393 e. The van der Waals surface area contributed by atoms with Crippen LogP contribution in [0.25, 0.3) is 0 Å². The number of β-amino-alcohol motifs (C(OH)–C–C–N with tert-alkyl or cyclic N) is 1. The summed E-state index contributed by atoms with van der Waals surface area (Å²) in [6, 6.07) is -0.145. The lowest BCUT2D eigenvalue weighted by molar-refractivity contribution is -0.140. The molecular weight excluding hydrogens is 196 g/mol. The number of amides is 1. The highest BCUT2D eigenvalue weighted by Crippen LogP contribution is 2.14. The molecule has 1 aliphatic heterocycles. The molecule has 0 bridgehead atoms. The number of hydrogen-bond acceptors (Lipinski definition) is 4. The summed E-state index contributed by atoms with van der Waals surface area (Å²) >= 11 is 0. The van der Waals surface area contributed by atoms with Gasteiger partial charge in [0.05, 0.1) is 19.2 Å². The van der Waals surface area contributed by atoms with E-state index in [0.717, 1.165) is 12.8 Å². The Bertz CT molecular complexity index is 231. The van der Waals surface area contributed by atoms with Crippen molar-refractivity contribution in [3.63, 3.8) is 0 Å². The zero-order valence-corrected chi connectivity index (χ0v) is 9.36. The van der Waals surface area contributed by atoms with Crippen LogP contribution in [0.5, 0.6) is 0 Å². The van der Waals surface area contributed by atoms with Crippen LogP contribution in [0, 0.1) is 0 Å². The molecule has 0 aliphatic carbocycles. The fourth-order valence-corrected chi connectivity index (χ4v) is 1.83. The predicted molar refractivity (Wildman–Crippen MR) is 56.4 cm³/mol. The molecule has 1 saturated heterocycles. The number of carbonyl (C=O) groups is 1. The first-order chi connectivity index (χ1) is 7.00. The summed E-state index contributed by atoms with van der Waals surface area (Å²) in [7, 11) is 1.76. The molecule has 88 valence electrons. The molecule has 15 heavy (non-hydrogen) atoms. The first kappa shape index (κ1) is 12.4. The van der Waals surface area contributed by atoms with E-state index in [-0.39, 0.29) is 25.1 Å². The van der Waals surface area contributed by atoms with Gasteiger partial charge < -0.3 is 20.4 Å². The summed E-state index contributed by atoms with van der Waals surface area (Å²) < 4.78 is 0. The van der Waals surface area contributed by atoms with E-state index in [1.807, 2.05) is 0 Å². The minimum atomic E-state index is -1.20. The molecule has 1 rings (SSSR count). The minimum Gasteiger partial charge on any atom is -0.393 e. The van der Waals surface area contributed by atoms with Crippen LogP contribution in [0.15, 0.2) is 0 Å². The Morgan fingerprint density at radius 3 is 2.87 bits per heavy atom. The number of rotatable bonds is 4. The summed E-state index contributed by atoms with van der Waals surface area (Å²) in [5.74, 6) is 0.0116. The fourth-order valence-electron chi connectivity index (χ4n) is 1.83. The van der Waals surface area contributed by atoms with E-state index >= 15 is 0 Å². The molecule has 3 N–H and O–H groups in total. The second-order valence-electron chi connectivity index (χ2n) is 4.40. The summed E-state index contributed by atoms with van der Waals surface area (Å²) in [6.45, 7) is 2.05. The molecule has 1 aliphatic rings. The Kier molecular flexibility index (Phi) is 4.07. The third kappa shape index (κ3) is 3.15. The Morgan fingerprint density at radius 1 is 1.67 bits per heavy atom. The molecule has 1 amide bonds. The van der Waals surface area contributed by atoms with Gasteiger partial charge in [0.15, 0.2) is 0 Å². The third-order valence-electron chi connectivity index (χ3n) is 2.75. The van der Waals surface area contributed by atoms with Crippen molar-refractivity contribution in [2.45, 2.75) is 31.4 Å². The third-order valence-corrected chi connectivity index (χ3v) is 2.75. The molecule has 0 aromatic rings. The van der Waals surface area contributed by atoms with Crippen molar-refractivity contribution in [3.05, 3.63) is 0 Å². The molecule has 1 heterocycles. The molecule has 1 fully saturated rings. The minimum absolute atomic E-state index is 0.0116. The highest BCUT2D eigenvalue weighted by Gasteiger charge is 2.32. The van der Waals surface area contributed by atoms with Gasteiger partial charge in [0.25, 0.3) is 0 Å². The van der Waals surface area contributed by atoms with E-state index in [2.05, 4.69) is 5.32 Å². The second kappa shape index (κ2) is 4.92. The molecule has 0 spiro atoms. The second-order valence-corrected chi connectivity index (χ2v) is 4.40. The van der Waals surface area contributed by atoms with E-state index in [9.17, 15) is 9.90 Å². The van der Waals surface area contributed by atoms with Crippen molar-refractivity contribution in [2.75, 3.05) is 26.7 Å². The maximum Gasteiger partial charge on any atom is 0.239 e. The number of hydrogen-bond donors (Lipinski definition) is 3. The molecule has 0 aromatic heterocycles. The fraction of sp³-hybridized carbons (Fsp3) is 0.900. The van der Waals surface area contributed by atoms with Crippen molar-refractivity contribution in [3.8, 4) is 0 Å². The summed E-state index contributed by atoms with van der Waals surface area (Å²) in [5, 5.41) is 21.6. The molecule has 2 unspecified atom stereocenters. The maximum atomic E-state index is 11.8. The SMILES string of the molecule is CNC1CCCN(CC(C)(O)CO)C1=O. The Labute approximate surface area is 90.1 Å². The Hall–Kier alpha value is -0.650. The van der Waals surface area contributed by atoms with Gasteiger partial charge in [-0.15, -0.1) is 0 Å². The zero-order valence-electron chi connectivity index (χ0n) is 9.36. The zero-order chi connectivity index (χ0) is 11.5. The van der Waals surface area contributed by atoms with Crippen molar-refractivity contribution in [1.29, 1.82) is 0 Å². The monoisotopic (exact) mass is 216 g/mol. The van der Waals surface area contributed by atoms with Crippen molar-refractivity contribution in [1.82, 2.24) is 10.2 Å². The average molecular weight is 216 g/mol. The van der Waals surface area contributed by atoms with Gasteiger partial charge in [-0.2, -0.15) is 0 Å². The van der Waals surface area contributed by atoms with Gasteiger partial charge in [0.1, 0.15) is 5.60 Å². The first-order valence-corrected chi connectivity index (χ1v) is 5.29. The number of nitrogens with zero attached hydrogens (tertiary/aromatic N) is 1. The molecule has 5 heteroatoms. The van der Waals surface area contributed by atoms with Crippen LogP contribution in [0.2, 0.25) is 0 Å². The number of aliphatic hydroxyl groups excluding tert-OH is 1. The Morgan fingerprint density at radius 2 is 2.33 bits per heavy atom. The van der Waals surface area contributed by atoms with E-state index in [1.165, 1.54) is 6.92 Å². The molecule has 0 radical (unpaired) electrons. The Balaban J connectivity index is 2.58. The smallest absolute Gasteiger partial charge is 0.239 e. The van der Waals surface area contributed by atoms with Gasteiger partial charge in [0, 0.05) is 6.54 Å². The van der Waals surface area contributed by atoms with Crippen molar-refractivity contribution in [2.24, 2.45) is 0 Å². The normalized spacial score (nSPS) is 26.5. The van der Waals surface area contributed by atoms with Gasteiger partial charge in [0.2, 0.25) is 5.91 Å². The highest BCUT2D eigenvalue weighted by molar-refractivity contribution is 5.82. The van der Waals surface area contributed by atoms with Crippen LogP contribution in [0.4, 0.5) is 0 Å². The molecule has 5 nitrogen and oxygen atoms in total. The molecule has 0 saturated carbocycles. The van der Waals surface area contributed by atoms with Crippen LogP contribution >= 0.6 is 0 Å². The van der Waals surface area contributed by atoms with E-state index < -0.39 is 5.60 Å². The van der Waals surface area contributed by atoms with Crippen LogP contribution in [0.3, 0.4) is 0 Å². The number of aliphatic hydroxyl groups is 2. The van der Waals surface area contributed by atoms with Gasteiger partial charge in [-0.1, -0.05) is 0 Å². The molecular formula is C10H20N2O3. The van der Waals surface area contributed by atoms with Crippen LogP contribution in [0.1, 0.15) is 19.8 Å². The van der Waals surface area contributed by atoms with Crippen molar-refractivity contribution < 1.29 is 15.0 Å². The average Bonchev–Trinajstić information content (AvgIpc) is 2.21. The van der Waals surface area contributed by atoms with E-state index in [0.29, 0.717) is 6.54 Å². The van der Waals surface area contributed by atoms with Crippen molar-refractivity contribution >= 4 is 5.91 Å². The molecule has 2 atom stereocenters. The highest BCUT2D eigenvalue weighted by atomic mass is 16.3. The number of likely N-dealkylation sites (tertiary alicyclic amines) is 1. The van der Waals surface area contributed by atoms with E-state index in [1.54, 1.807) is 11.9 Å². The van der Waals surface area contributed by atoms with Crippen LogP contribution in [-0.2, 0) is 4.79 Å². The number of piperidine rings is 1.